The Labute approximate surface area is 165 Å². The molecule has 3 aromatic carbocycles. The summed E-state index contributed by atoms with van der Waals surface area (Å²) in [6.07, 6.45) is 0. The van der Waals surface area contributed by atoms with E-state index in [0.717, 1.165) is 10.6 Å². The van der Waals surface area contributed by atoms with E-state index >= 15 is 0 Å². The maximum absolute atomic E-state index is 12.1. The molecule has 0 fully saturated rings. The van der Waals surface area contributed by atoms with E-state index in [1.807, 2.05) is 74.5 Å². The Hall–Kier alpha value is -2.97. The van der Waals surface area contributed by atoms with E-state index in [0.29, 0.717) is 10.9 Å². The van der Waals surface area contributed by atoms with Crippen molar-refractivity contribution in [1.29, 1.82) is 0 Å². The highest BCUT2D eigenvalue weighted by atomic mass is 31.1. The Bertz CT molecular complexity index is 958. The zero-order valence-electron chi connectivity index (χ0n) is 15.7. The Balaban J connectivity index is 2.35. The van der Waals surface area contributed by atoms with Gasteiger partial charge < -0.3 is 10.2 Å². The summed E-state index contributed by atoms with van der Waals surface area (Å²) in [5, 5.41) is 22.1. The van der Waals surface area contributed by atoms with Crippen molar-refractivity contribution in [1.82, 2.24) is 0 Å². The average Bonchev–Trinajstić information content (AvgIpc) is 2.69. The topological polar surface area (TPSA) is 74.6 Å². The number of hydrogen-bond donors (Lipinski definition) is 2. The zero-order valence-corrected chi connectivity index (χ0v) is 16.6. The molecule has 0 spiro atoms. The largest absolute Gasteiger partial charge is 0.478 e. The number of aromatic carboxylic acids is 2. The van der Waals surface area contributed by atoms with Crippen molar-refractivity contribution in [2.45, 2.75) is 19.8 Å². The van der Waals surface area contributed by atoms with Crippen molar-refractivity contribution in [3.63, 3.8) is 0 Å². The van der Waals surface area contributed by atoms with Gasteiger partial charge in [0, 0.05) is 5.30 Å². The molecular formula is C23H21O4P. The van der Waals surface area contributed by atoms with Gasteiger partial charge in [0.1, 0.15) is 0 Å². The quantitative estimate of drug-likeness (QED) is 0.623. The minimum Gasteiger partial charge on any atom is -0.478 e. The van der Waals surface area contributed by atoms with Gasteiger partial charge in [-0.3, -0.25) is 0 Å². The Morgan fingerprint density at radius 3 is 1.61 bits per heavy atom. The normalized spacial score (nSPS) is 11.0. The van der Waals surface area contributed by atoms with Crippen LogP contribution >= 0.6 is 7.92 Å². The Morgan fingerprint density at radius 2 is 1.21 bits per heavy atom. The molecule has 5 heteroatoms. The van der Waals surface area contributed by atoms with Gasteiger partial charge in [0.2, 0.25) is 0 Å². The first-order chi connectivity index (χ1) is 13.4. The number of carboxylic acid groups (broad SMARTS) is 2. The van der Waals surface area contributed by atoms with Gasteiger partial charge in [0.25, 0.3) is 0 Å². The summed E-state index contributed by atoms with van der Waals surface area (Å²) in [7, 11) is -1.22. The molecule has 0 aliphatic rings. The van der Waals surface area contributed by atoms with Crippen molar-refractivity contribution in [2.75, 3.05) is 0 Å². The second-order valence-corrected chi connectivity index (χ2v) is 8.91. The molecule has 0 radical (unpaired) electrons. The SMILES string of the molecule is CC(C)c1cc(C(=O)O)c(P(c2ccccc2)c2ccccc2)cc1C(=O)O. The van der Waals surface area contributed by atoms with E-state index in [9.17, 15) is 19.8 Å². The predicted molar refractivity (Wildman–Crippen MR) is 113 cm³/mol. The van der Waals surface area contributed by atoms with E-state index in [-0.39, 0.29) is 17.0 Å². The molecule has 142 valence electrons. The summed E-state index contributed by atoms with van der Waals surface area (Å²) in [5.74, 6) is -2.19. The fraction of sp³-hybridized carbons (Fsp3) is 0.130. The molecule has 0 bridgehead atoms. The van der Waals surface area contributed by atoms with Crippen molar-refractivity contribution in [3.05, 3.63) is 89.5 Å². The van der Waals surface area contributed by atoms with Crippen LogP contribution in [0.5, 0.6) is 0 Å². The van der Waals surface area contributed by atoms with Crippen LogP contribution in [0.3, 0.4) is 0 Å². The van der Waals surface area contributed by atoms with Crippen molar-refractivity contribution >= 4 is 35.8 Å². The summed E-state index contributed by atoms with van der Waals surface area (Å²) >= 11 is 0. The van der Waals surface area contributed by atoms with E-state index in [1.165, 1.54) is 6.07 Å². The van der Waals surface area contributed by atoms with E-state index in [4.69, 9.17) is 0 Å². The van der Waals surface area contributed by atoms with Gasteiger partial charge in [-0.05, 0) is 42.1 Å². The summed E-state index contributed by atoms with van der Waals surface area (Å²) in [5.41, 5.74) is 0.853. The third-order valence-corrected chi connectivity index (χ3v) is 7.00. The monoisotopic (exact) mass is 392 g/mol. The highest BCUT2D eigenvalue weighted by molar-refractivity contribution is 7.80. The lowest BCUT2D eigenvalue weighted by Gasteiger charge is -2.23. The second-order valence-electron chi connectivity index (χ2n) is 6.73. The number of rotatable bonds is 6. The van der Waals surface area contributed by atoms with Gasteiger partial charge >= 0.3 is 11.9 Å². The van der Waals surface area contributed by atoms with Crippen LogP contribution in [0.2, 0.25) is 0 Å². The number of carboxylic acids is 2. The summed E-state index contributed by atoms with van der Waals surface area (Å²) < 4.78 is 0. The molecule has 4 nitrogen and oxygen atoms in total. The predicted octanol–water partition coefficient (Wildman–Crippen LogP) is 3.96. The van der Waals surface area contributed by atoms with Crippen LogP contribution < -0.4 is 15.9 Å². The number of benzene rings is 3. The third-order valence-electron chi connectivity index (χ3n) is 4.52. The molecule has 0 aromatic heterocycles. The standard InChI is InChI=1S/C23H21O4P/c1-15(2)18-13-20(23(26)27)21(14-19(18)22(24)25)28(16-9-5-3-6-10-16)17-11-7-4-8-12-17/h3-15H,1-2H3,(H,24,25)(H,26,27). The molecule has 3 aromatic rings. The fourth-order valence-corrected chi connectivity index (χ4v) is 5.66. The van der Waals surface area contributed by atoms with Crippen LogP contribution in [-0.4, -0.2) is 22.2 Å². The molecule has 0 saturated carbocycles. The molecule has 0 unspecified atom stereocenters. The molecule has 0 amide bonds. The van der Waals surface area contributed by atoms with Crippen LogP contribution in [-0.2, 0) is 0 Å². The maximum atomic E-state index is 12.1. The van der Waals surface area contributed by atoms with Crippen LogP contribution in [0, 0.1) is 0 Å². The molecule has 0 heterocycles. The molecule has 28 heavy (non-hydrogen) atoms. The first-order valence-electron chi connectivity index (χ1n) is 8.95. The molecule has 2 N–H and O–H groups in total. The summed E-state index contributed by atoms with van der Waals surface area (Å²) in [4.78, 5) is 24.0. The summed E-state index contributed by atoms with van der Waals surface area (Å²) in [6, 6.07) is 22.4. The molecule has 0 atom stereocenters. The fourth-order valence-electron chi connectivity index (χ4n) is 3.21. The van der Waals surface area contributed by atoms with Gasteiger partial charge in [0.15, 0.2) is 0 Å². The highest BCUT2D eigenvalue weighted by Gasteiger charge is 2.26. The van der Waals surface area contributed by atoms with E-state index in [2.05, 4.69) is 0 Å². The van der Waals surface area contributed by atoms with E-state index < -0.39 is 19.9 Å². The first-order valence-corrected chi connectivity index (χ1v) is 10.3. The molecule has 3 rings (SSSR count). The van der Waals surface area contributed by atoms with Crippen molar-refractivity contribution < 1.29 is 19.8 Å². The number of carbonyl (C=O) groups is 2. The second kappa shape index (κ2) is 8.37. The smallest absolute Gasteiger partial charge is 0.336 e. The minimum atomic E-state index is -1.22. The van der Waals surface area contributed by atoms with Crippen LogP contribution in [0.15, 0.2) is 72.8 Å². The van der Waals surface area contributed by atoms with Crippen LogP contribution in [0.4, 0.5) is 0 Å². The molecule has 0 aliphatic heterocycles. The number of hydrogen-bond acceptors (Lipinski definition) is 2. The van der Waals surface area contributed by atoms with Crippen molar-refractivity contribution in [3.8, 4) is 0 Å². The van der Waals surface area contributed by atoms with Crippen LogP contribution in [0.25, 0.3) is 0 Å². The van der Waals surface area contributed by atoms with Crippen molar-refractivity contribution in [2.24, 2.45) is 0 Å². The minimum absolute atomic E-state index is 0.0991. The van der Waals surface area contributed by atoms with Gasteiger partial charge in [0.05, 0.1) is 11.1 Å². The summed E-state index contributed by atoms with van der Waals surface area (Å²) in [6.45, 7) is 3.73. The van der Waals surface area contributed by atoms with Gasteiger partial charge in [-0.1, -0.05) is 74.5 Å². The molecule has 0 saturated heterocycles. The Morgan fingerprint density at radius 1 is 0.750 bits per heavy atom. The lowest BCUT2D eigenvalue weighted by atomic mass is 9.95. The molecule has 0 aliphatic carbocycles. The Kier molecular flexibility index (Phi) is 5.91. The van der Waals surface area contributed by atoms with Gasteiger partial charge in [-0.15, -0.1) is 0 Å². The molecular weight excluding hydrogens is 371 g/mol. The van der Waals surface area contributed by atoms with Crippen LogP contribution in [0.1, 0.15) is 46.0 Å². The average molecular weight is 392 g/mol. The van der Waals surface area contributed by atoms with Gasteiger partial charge in [-0.25, -0.2) is 9.59 Å². The first kappa shape index (κ1) is 19.8. The third kappa shape index (κ3) is 3.97. The maximum Gasteiger partial charge on any atom is 0.336 e. The highest BCUT2D eigenvalue weighted by Crippen LogP contribution is 2.36. The van der Waals surface area contributed by atoms with E-state index in [1.54, 1.807) is 6.07 Å². The lowest BCUT2D eigenvalue weighted by molar-refractivity contribution is 0.0681. The lowest BCUT2D eigenvalue weighted by Crippen LogP contribution is -2.27. The van der Waals surface area contributed by atoms with Gasteiger partial charge in [-0.2, -0.15) is 0 Å². The zero-order chi connectivity index (χ0) is 20.3.